The van der Waals surface area contributed by atoms with Gasteiger partial charge in [-0.25, -0.2) is 8.42 Å². The Morgan fingerprint density at radius 1 is 1.19 bits per heavy atom. The largest absolute Gasteiger partial charge is 0.490 e. The Hall–Kier alpha value is -2.59. The van der Waals surface area contributed by atoms with Gasteiger partial charge in [-0.1, -0.05) is 19.0 Å². The minimum Gasteiger partial charge on any atom is -0.490 e. The number of hydrogen-bond donors (Lipinski definition) is 1. The number of fused-ring (bicyclic) bond motifs is 1. The van der Waals surface area contributed by atoms with Crippen molar-refractivity contribution in [1.82, 2.24) is 14.8 Å². The fourth-order valence-corrected chi connectivity index (χ4v) is 4.65. The molecule has 10 heteroatoms. The molecule has 170 valence electrons. The van der Waals surface area contributed by atoms with Crippen LogP contribution in [0.3, 0.4) is 0 Å². The van der Waals surface area contributed by atoms with Crippen LogP contribution in [0.2, 0.25) is 0 Å². The van der Waals surface area contributed by atoms with Crippen molar-refractivity contribution < 1.29 is 27.2 Å². The maximum Gasteiger partial charge on any atom is 0.241 e. The van der Waals surface area contributed by atoms with Gasteiger partial charge < -0.3 is 18.9 Å². The summed E-state index contributed by atoms with van der Waals surface area (Å²) in [5, 5.41) is 3.90. The second-order valence-corrected chi connectivity index (χ2v) is 9.71. The van der Waals surface area contributed by atoms with E-state index >= 15 is 0 Å². The van der Waals surface area contributed by atoms with Crippen LogP contribution < -0.4 is 14.2 Å². The zero-order valence-electron chi connectivity index (χ0n) is 18.5. The Labute approximate surface area is 182 Å². The van der Waals surface area contributed by atoms with E-state index in [-0.39, 0.29) is 23.3 Å². The first kappa shape index (κ1) is 23.1. The summed E-state index contributed by atoms with van der Waals surface area (Å²) in [7, 11) is -2.34. The van der Waals surface area contributed by atoms with Crippen LogP contribution in [0.15, 0.2) is 27.6 Å². The fourth-order valence-electron chi connectivity index (χ4n) is 3.30. The van der Waals surface area contributed by atoms with Crippen molar-refractivity contribution in [3.05, 3.63) is 35.2 Å². The third-order valence-electron chi connectivity index (χ3n) is 5.20. The maximum absolute atomic E-state index is 13.1. The summed E-state index contributed by atoms with van der Waals surface area (Å²) >= 11 is 0. The summed E-state index contributed by atoms with van der Waals surface area (Å²) in [5.74, 6) is 0.907. The smallest absolute Gasteiger partial charge is 0.241 e. The highest BCUT2D eigenvalue weighted by atomic mass is 32.2. The molecule has 1 aliphatic rings. The molecule has 9 nitrogen and oxygen atoms in total. The minimum atomic E-state index is -3.97. The SMILES string of the molecule is Cc1noc(C)c1CN(C)C(=O)C(NS(=O)(=O)c1ccc2c(c1)OCCCO2)C(C)C. The number of nitrogens with one attached hydrogen (secondary N) is 1. The van der Waals surface area contributed by atoms with Crippen LogP contribution in [0.5, 0.6) is 11.5 Å². The van der Waals surface area contributed by atoms with Crippen molar-refractivity contribution in [1.29, 1.82) is 0 Å². The van der Waals surface area contributed by atoms with Crippen molar-refractivity contribution in [3.63, 3.8) is 0 Å². The number of nitrogens with zero attached hydrogens (tertiary/aromatic N) is 2. The van der Waals surface area contributed by atoms with Crippen LogP contribution in [-0.2, 0) is 21.4 Å². The second-order valence-electron chi connectivity index (χ2n) is 8.00. The first-order chi connectivity index (χ1) is 14.6. The van der Waals surface area contributed by atoms with Gasteiger partial charge in [-0.15, -0.1) is 0 Å². The number of hydrogen-bond acceptors (Lipinski definition) is 7. The highest BCUT2D eigenvalue weighted by Gasteiger charge is 2.31. The summed E-state index contributed by atoms with van der Waals surface area (Å²) in [4.78, 5) is 14.6. The first-order valence-corrected chi connectivity index (χ1v) is 11.7. The molecule has 1 unspecified atom stereocenters. The molecular weight excluding hydrogens is 422 g/mol. The maximum atomic E-state index is 13.1. The molecule has 0 spiro atoms. The number of amides is 1. The number of rotatable bonds is 7. The Morgan fingerprint density at radius 2 is 1.87 bits per heavy atom. The highest BCUT2D eigenvalue weighted by Crippen LogP contribution is 2.32. The van der Waals surface area contributed by atoms with Crippen LogP contribution in [-0.4, -0.2) is 50.7 Å². The number of carbonyl (C=O) groups is 1. The monoisotopic (exact) mass is 451 g/mol. The molecule has 1 N–H and O–H groups in total. The molecule has 1 aromatic carbocycles. The average molecular weight is 452 g/mol. The van der Waals surface area contributed by atoms with Crippen molar-refractivity contribution in [3.8, 4) is 11.5 Å². The van der Waals surface area contributed by atoms with Crippen molar-refractivity contribution in [2.75, 3.05) is 20.3 Å². The van der Waals surface area contributed by atoms with Gasteiger partial charge in [-0.3, -0.25) is 4.79 Å². The predicted octanol–water partition coefficient (Wildman–Crippen LogP) is 2.41. The lowest BCUT2D eigenvalue weighted by Crippen LogP contribution is -2.49. The van der Waals surface area contributed by atoms with E-state index in [1.54, 1.807) is 40.8 Å². The number of likely N-dealkylation sites (N-methyl/N-ethyl adjacent to an activating group) is 1. The lowest BCUT2D eigenvalue weighted by molar-refractivity contribution is -0.133. The summed E-state index contributed by atoms with van der Waals surface area (Å²) < 4.78 is 45.0. The molecule has 0 radical (unpaired) electrons. The number of carbonyl (C=O) groups excluding carboxylic acids is 1. The molecular formula is C21H29N3O6S. The topological polar surface area (TPSA) is 111 Å². The van der Waals surface area contributed by atoms with Gasteiger partial charge in [0.05, 0.1) is 30.3 Å². The molecule has 31 heavy (non-hydrogen) atoms. The number of aromatic nitrogens is 1. The van der Waals surface area contributed by atoms with Crippen molar-refractivity contribution >= 4 is 15.9 Å². The third-order valence-corrected chi connectivity index (χ3v) is 6.64. The molecule has 1 aliphatic heterocycles. The van der Waals surface area contributed by atoms with E-state index in [1.807, 2.05) is 0 Å². The molecule has 1 aromatic heterocycles. The average Bonchev–Trinajstić information content (AvgIpc) is 2.92. The van der Waals surface area contributed by atoms with Crippen LogP contribution >= 0.6 is 0 Å². The van der Waals surface area contributed by atoms with E-state index in [9.17, 15) is 13.2 Å². The van der Waals surface area contributed by atoms with Gasteiger partial charge >= 0.3 is 0 Å². The lowest BCUT2D eigenvalue weighted by atomic mass is 10.0. The van der Waals surface area contributed by atoms with Crippen LogP contribution in [0.4, 0.5) is 0 Å². The highest BCUT2D eigenvalue weighted by molar-refractivity contribution is 7.89. The number of ether oxygens (including phenoxy) is 2. The molecule has 3 rings (SSSR count). The van der Waals surface area contributed by atoms with Gasteiger partial charge in [0.2, 0.25) is 15.9 Å². The molecule has 0 saturated heterocycles. The van der Waals surface area contributed by atoms with Gasteiger partial charge in [0.25, 0.3) is 0 Å². The van der Waals surface area contributed by atoms with E-state index in [4.69, 9.17) is 14.0 Å². The minimum absolute atomic E-state index is 0.0172. The lowest BCUT2D eigenvalue weighted by Gasteiger charge is -2.27. The zero-order chi connectivity index (χ0) is 22.8. The van der Waals surface area contributed by atoms with Gasteiger partial charge in [-0.05, 0) is 31.9 Å². The quantitative estimate of drug-likeness (QED) is 0.688. The molecule has 1 atom stereocenters. The predicted molar refractivity (Wildman–Crippen MR) is 113 cm³/mol. The standard InChI is InChI=1S/C21H29N3O6S/c1-13(2)20(21(25)24(5)12-17-14(3)22-30-15(17)4)23-31(26,27)16-7-8-18-19(11-16)29-10-6-9-28-18/h7-8,11,13,20,23H,6,9-10,12H2,1-5H3. The summed E-state index contributed by atoms with van der Waals surface area (Å²) in [6.45, 7) is 8.40. The molecule has 0 bridgehead atoms. The Bertz CT molecular complexity index is 1030. The molecule has 2 heterocycles. The van der Waals surface area contributed by atoms with E-state index in [2.05, 4.69) is 9.88 Å². The number of benzene rings is 1. The summed E-state index contributed by atoms with van der Waals surface area (Å²) in [6, 6.07) is 3.51. The van der Waals surface area contributed by atoms with Gasteiger partial charge in [0.15, 0.2) is 11.5 Å². The Morgan fingerprint density at radius 3 is 2.48 bits per heavy atom. The number of aryl methyl sites for hydroxylation is 2. The van der Waals surface area contributed by atoms with E-state index in [1.165, 1.54) is 17.0 Å². The molecule has 0 saturated carbocycles. The Balaban J connectivity index is 1.80. The van der Waals surface area contributed by atoms with Gasteiger partial charge in [-0.2, -0.15) is 4.72 Å². The van der Waals surface area contributed by atoms with Crippen molar-refractivity contribution in [2.45, 2.75) is 51.6 Å². The van der Waals surface area contributed by atoms with Gasteiger partial charge in [0, 0.05) is 25.1 Å². The molecule has 2 aromatic rings. The summed E-state index contributed by atoms with van der Waals surface area (Å²) in [6.07, 6.45) is 0.719. The first-order valence-electron chi connectivity index (χ1n) is 10.2. The Kier molecular flexibility index (Phi) is 6.90. The second kappa shape index (κ2) is 9.27. The van der Waals surface area contributed by atoms with Gasteiger partial charge in [0.1, 0.15) is 11.8 Å². The van der Waals surface area contributed by atoms with Crippen LogP contribution in [0, 0.1) is 19.8 Å². The van der Waals surface area contributed by atoms with Crippen molar-refractivity contribution in [2.24, 2.45) is 5.92 Å². The molecule has 1 amide bonds. The number of sulfonamides is 1. The molecule has 0 aliphatic carbocycles. The van der Waals surface area contributed by atoms with Crippen LogP contribution in [0.1, 0.15) is 37.3 Å². The normalized spacial score (nSPS) is 14.9. The van der Waals surface area contributed by atoms with Crippen LogP contribution in [0.25, 0.3) is 0 Å². The summed E-state index contributed by atoms with van der Waals surface area (Å²) in [5.41, 5.74) is 1.51. The fraction of sp³-hybridized carbons (Fsp3) is 0.524. The van der Waals surface area contributed by atoms with E-state index in [0.717, 1.165) is 12.0 Å². The third kappa shape index (κ3) is 5.19. The van der Waals surface area contributed by atoms with E-state index < -0.39 is 16.1 Å². The zero-order valence-corrected chi connectivity index (χ0v) is 19.3. The van der Waals surface area contributed by atoms with E-state index in [0.29, 0.717) is 36.2 Å². The molecule has 0 fully saturated rings.